The molecule has 2 aliphatic heterocycles. The average molecular weight is 578 g/mol. The van der Waals surface area contributed by atoms with E-state index in [0.717, 1.165) is 13.1 Å². The Labute approximate surface area is 238 Å². The molecule has 3 rings (SSSR count). The van der Waals surface area contributed by atoms with Crippen molar-refractivity contribution >= 4 is 28.2 Å². The molecule has 0 aromatic heterocycles. The zero-order valence-electron chi connectivity index (χ0n) is 24.1. The van der Waals surface area contributed by atoms with Crippen molar-refractivity contribution in [3.8, 4) is 0 Å². The average Bonchev–Trinajstić information content (AvgIpc) is 2.92. The number of aliphatic hydroxyl groups excluding tert-OH is 1. The Morgan fingerprint density at radius 2 is 1.85 bits per heavy atom. The van der Waals surface area contributed by atoms with E-state index in [9.17, 15) is 23.1 Å². The van der Waals surface area contributed by atoms with Gasteiger partial charge in [0.2, 0.25) is 10.0 Å². The molecule has 2 aliphatic rings. The highest BCUT2D eigenvalue weighted by Gasteiger charge is 2.29. The molecular weight excluding hydrogens is 534 g/mol. The van der Waals surface area contributed by atoms with Crippen molar-refractivity contribution in [3.05, 3.63) is 47.6 Å². The molecule has 40 heavy (non-hydrogen) atoms. The van der Waals surface area contributed by atoms with E-state index in [1.54, 1.807) is 29.2 Å². The molecule has 0 spiro atoms. The summed E-state index contributed by atoms with van der Waals surface area (Å²) in [5.74, 6) is -0.877. The lowest BCUT2D eigenvalue weighted by atomic mass is 9.91. The van der Waals surface area contributed by atoms with Crippen molar-refractivity contribution in [2.45, 2.75) is 63.2 Å². The van der Waals surface area contributed by atoms with Crippen molar-refractivity contribution in [3.63, 3.8) is 0 Å². The van der Waals surface area contributed by atoms with E-state index in [1.165, 1.54) is 13.1 Å². The van der Waals surface area contributed by atoms with Crippen LogP contribution in [0.15, 0.2) is 46.9 Å². The van der Waals surface area contributed by atoms with Crippen LogP contribution in [0.5, 0.6) is 0 Å². The molecule has 2 heterocycles. The third-order valence-electron chi connectivity index (χ3n) is 7.54. The van der Waals surface area contributed by atoms with Gasteiger partial charge in [-0.3, -0.25) is 4.79 Å². The Morgan fingerprint density at radius 1 is 1.15 bits per heavy atom. The van der Waals surface area contributed by atoms with Gasteiger partial charge in [-0.1, -0.05) is 38.1 Å². The number of sulfonamides is 1. The number of nitrogens with zero attached hydrogens (tertiary/aromatic N) is 2. The third kappa shape index (κ3) is 8.89. The van der Waals surface area contributed by atoms with E-state index in [1.807, 2.05) is 40.0 Å². The number of piperazine rings is 1. The molecule has 1 amide bonds. The molecule has 5 atom stereocenters. The van der Waals surface area contributed by atoms with Crippen LogP contribution >= 0.6 is 0 Å². The minimum absolute atomic E-state index is 0.0723. The number of esters is 1. The number of rotatable bonds is 5. The number of hydrogen-bond acceptors (Lipinski definition) is 8. The van der Waals surface area contributed by atoms with Gasteiger partial charge in [-0.05, 0) is 69.1 Å². The summed E-state index contributed by atoms with van der Waals surface area (Å²) in [7, 11) is -0.242. The molecule has 0 aliphatic carbocycles. The first kappa shape index (κ1) is 31.8. The van der Waals surface area contributed by atoms with Crippen molar-refractivity contribution < 1.29 is 32.6 Å². The van der Waals surface area contributed by atoms with Crippen LogP contribution in [0, 0.1) is 11.8 Å². The number of ether oxygens (including phenoxy) is 2. The number of amides is 1. The first-order valence-corrected chi connectivity index (χ1v) is 15.3. The van der Waals surface area contributed by atoms with Crippen molar-refractivity contribution in [1.82, 2.24) is 14.5 Å². The number of carbonyl (C=O) groups excluding carboxylic acids is 2. The van der Waals surface area contributed by atoms with Gasteiger partial charge >= 0.3 is 12.1 Å². The smallest absolute Gasteiger partial charge is 0.410 e. The number of likely N-dealkylation sites (N-methyl/N-ethyl adjacent to an activating group) is 1. The zero-order valence-corrected chi connectivity index (χ0v) is 24.9. The Hall–Kier alpha value is -2.73. The summed E-state index contributed by atoms with van der Waals surface area (Å²) in [5, 5.41) is 10.5. The largest absolute Gasteiger partial charge is 0.457 e. The normalized spacial score (nSPS) is 28.6. The van der Waals surface area contributed by atoms with Crippen LogP contribution in [-0.2, 0) is 24.3 Å². The summed E-state index contributed by atoms with van der Waals surface area (Å²) in [5.41, 5.74) is 1.34. The SMILES string of the molecule is CNS(=O)(=O)c1cccc(/C=C(\C)[C@H]2OC(=O)C[C@H](O)CC[C@H](C)[C@@H](OC(=O)N3CCN(C)CC3)/C=C/[C@@H]2C)c1. The predicted molar refractivity (Wildman–Crippen MR) is 153 cm³/mol. The summed E-state index contributed by atoms with van der Waals surface area (Å²) < 4.78 is 38.6. The van der Waals surface area contributed by atoms with Gasteiger partial charge in [-0.25, -0.2) is 17.9 Å². The maximum Gasteiger partial charge on any atom is 0.410 e. The Kier molecular flexibility index (Phi) is 11.3. The maximum absolute atomic E-state index is 13.0. The fourth-order valence-corrected chi connectivity index (χ4v) is 5.65. The molecule has 0 bridgehead atoms. The van der Waals surface area contributed by atoms with Gasteiger partial charge in [0.1, 0.15) is 12.2 Å². The molecule has 0 unspecified atom stereocenters. The topological polar surface area (TPSA) is 125 Å². The number of nitrogens with one attached hydrogen (secondary N) is 1. The van der Waals surface area contributed by atoms with Crippen molar-refractivity contribution in [1.29, 1.82) is 0 Å². The van der Waals surface area contributed by atoms with Crippen LogP contribution in [0.2, 0.25) is 0 Å². The Balaban J connectivity index is 1.87. The minimum Gasteiger partial charge on any atom is -0.457 e. The number of aliphatic hydroxyl groups is 1. The molecule has 1 saturated heterocycles. The van der Waals surface area contributed by atoms with Gasteiger partial charge in [0.05, 0.1) is 17.4 Å². The predicted octanol–water partition coefficient (Wildman–Crippen LogP) is 3.04. The van der Waals surface area contributed by atoms with Crippen LogP contribution < -0.4 is 4.72 Å². The maximum atomic E-state index is 13.0. The van der Waals surface area contributed by atoms with E-state index in [4.69, 9.17) is 9.47 Å². The van der Waals surface area contributed by atoms with E-state index in [-0.39, 0.29) is 29.2 Å². The molecule has 222 valence electrons. The third-order valence-corrected chi connectivity index (χ3v) is 8.95. The van der Waals surface area contributed by atoms with Crippen molar-refractivity contribution in [2.24, 2.45) is 11.8 Å². The summed E-state index contributed by atoms with van der Waals surface area (Å²) in [6, 6.07) is 6.48. The summed E-state index contributed by atoms with van der Waals surface area (Å²) in [6.07, 6.45) is 3.91. The van der Waals surface area contributed by atoms with Crippen LogP contribution in [-0.4, -0.2) is 94.0 Å². The molecule has 11 heteroatoms. The number of benzene rings is 1. The molecule has 0 saturated carbocycles. The Morgan fingerprint density at radius 3 is 2.52 bits per heavy atom. The fraction of sp³-hybridized carbons (Fsp3) is 0.586. The van der Waals surface area contributed by atoms with Crippen LogP contribution in [0.3, 0.4) is 0 Å². The van der Waals surface area contributed by atoms with Gasteiger partial charge < -0.3 is 24.4 Å². The standard InChI is InChI=1S/C29H43N3O7S/c1-20-9-11-24(33)19-27(34)39-28(22(3)17-23-7-6-8-25(18-23)40(36,37)30-4)21(2)10-12-26(20)38-29(35)32-15-13-31(5)14-16-32/h6-8,10,12,17-18,20-21,24,26,28,30,33H,9,11,13-16,19H2,1-5H3/b12-10+,22-17+/t20-,21-,24+,26-,28-/m0/s1. The molecule has 10 nitrogen and oxygen atoms in total. The first-order valence-electron chi connectivity index (χ1n) is 13.8. The lowest BCUT2D eigenvalue weighted by molar-refractivity contribution is -0.151. The van der Waals surface area contributed by atoms with E-state index in [0.29, 0.717) is 37.1 Å². The van der Waals surface area contributed by atoms with Crippen LogP contribution in [0.25, 0.3) is 6.08 Å². The molecular formula is C29H43N3O7S. The fourth-order valence-electron chi connectivity index (χ4n) is 4.86. The second-order valence-electron chi connectivity index (χ2n) is 10.9. The summed E-state index contributed by atoms with van der Waals surface area (Å²) in [6.45, 7) is 8.48. The molecule has 0 radical (unpaired) electrons. The highest BCUT2D eigenvalue weighted by atomic mass is 32.2. The zero-order chi connectivity index (χ0) is 29.4. The second kappa shape index (κ2) is 14.2. The monoisotopic (exact) mass is 577 g/mol. The van der Waals surface area contributed by atoms with Crippen LogP contribution in [0.1, 0.15) is 45.6 Å². The number of carbonyl (C=O) groups is 2. The Bertz CT molecular complexity index is 1190. The summed E-state index contributed by atoms with van der Waals surface area (Å²) >= 11 is 0. The highest BCUT2D eigenvalue weighted by molar-refractivity contribution is 7.89. The van der Waals surface area contributed by atoms with Crippen LogP contribution in [0.4, 0.5) is 4.79 Å². The van der Waals surface area contributed by atoms with Gasteiger partial charge in [0.15, 0.2) is 0 Å². The lowest BCUT2D eigenvalue weighted by Crippen LogP contribution is -2.48. The van der Waals surface area contributed by atoms with E-state index >= 15 is 0 Å². The van der Waals surface area contributed by atoms with Gasteiger partial charge in [-0.2, -0.15) is 0 Å². The molecule has 1 aromatic rings. The molecule has 1 fully saturated rings. The second-order valence-corrected chi connectivity index (χ2v) is 12.8. The summed E-state index contributed by atoms with van der Waals surface area (Å²) in [4.78, 5) is 29.7. The van der Waals surface area contributed by atoms with E-state index < -0.39 is 34.3 Å². The van der Waals surface area contributed by atoms with Gasteiger partial charge in [-0.15, -0.1) is 0 Å². The van der Waals surface area contributed by atoms with Crippen molar-refractivity contribution in [2.75, 3.05) is 40.3 Å². The number of hydrogen-bond donors (Lipinski definition) is 2. The number of cyclic esters (lactones) is 1. The van der Waals surface area contributed by atoms with E-state index in [2.05, 4.69) is 9.62 Å². The quantitative estimate of drug-likeness (QED) is 0.404. The first-order chi connectivity index (χ1) is 18.9. The molecule has 2 N–H and O–H groups in total. The van der Waals surface area contributed by atoms with Gasteiger partial charge in [0, 0.05) is 32.1 Å². The van der Waals surface area contributed by atoms with Gasteiger partial charge in [0.25, 0.3) is 0 Å². The minimum atomic E-state index is -3.62. The highest BCUT2D eigenvalue weighted by Crippen LogP contribution is 2.26. The molecule has 1 aromatic carbocycles. The lowest BCUT2D eigenvalue weighted by Gasteiger charge is -2.33.